The lowest BCUT2D eigenvalue weighted by molar-refractivity contribution is -0.114. The van der Waals surface area contributed by atoms with Crippen LogP contribution in [0, 0.1) is 0 Å². The maximum atomic E-state index is 11.2. The molecule has 1 aliphatic heterocycles. The molecule has 2 aromatic carbocycles. The largest absolute Gasteiger partial charge is 0.369 e. The fourth-order valence-electron chi connectivity index (χ4n) is 3.42. The number of hydrogen-bond acceptors (Lipinski definition) is 3. The Morgan fingerprint density at radius 2 is 2.03 bits per heavy atom. The first-order chi connectivity index (χ1) is 14.0. The van der Waals surface area contributed by atoms with Crippen molar-refractivity contribution in [3.63, 3.8) is 0 Å². The zero-order valence-electron chi connectivity index (χ0n) is 17.3. The van der Waals surface area contributed by atoms with E-state index < -0.39 is 0 Å². The van der Waals surface area contributed by atoms with Gasteiger partial charge in [-0.3, -0.25) is 4.79 Å². The number of benzene rings is 2. The average molecular weight is 542 g/mol. The van der Waals surface area contributed by atoms with Gasteiger partial charge in [-0.25, -0.2) is 4.99 Å². The van der Waals surface area contributed by atoms with Gasteiger partial charge in [0.25, 0.3) is 0 Å². The fourth-order valence-corrected chi connectivity index (χ4v) is 3.60. The molecule has 0 radical (unpaired) electrons. The van der Waals surface area contributed by atoms with Gasteiger partial charge in [-0.15, -0.1) is 24.0 Å². The van der Waals surface area contributed by atoms with Crippen LogP contribution in [-0.2, 0) is 11.3 Å². The molecule has 1 unspecified atom stereocenters. The highest BCUT2D eigenvalue weighted by Gasteiger charge is 2.23. The van der Waals surface area contributed by atoms with Crippen LogP contribution in [0.25, 0.3) is 0 Å². The Morgan fingerprint density at radius 1 is 1.23 bits per heavy atom. The van der Waals surface area contributed by atoms with E-state index in [0.717, 1.165) is 54.0 Å². The van der Waals surface area contributed by atoms with Gasteiger partial charge >= 0.3 is 0 Å². The molecule has 0 saturated carbocycles. The van der Waals surface area contributed by atoms with Gasteiger partial charge in [0.05, 0.1) is 6.54 Å². The third kappa shape index (κ3) is 7.36. The summed E-state index contributed by atoms with van der Waals surface area (Å²) in [5, 5.41) is 10.4. The average Bonchev–Trinajstić information content (AvgIpc) is 3.15. The normalized spacial score (nSPS) is 16.0. The zero-order valence-corrected chi connectivity index (χ0v) is 20.4. The highest BCUT2D eigenvalue weighted by molar-refractivity contribution is 14.0. The van der Waals surface area contributed by atoms with Crippen molar-refractivity contribution < 1.29 is 4.79 Å². The molecule has 2 aromatic rings. The fraction of sp³-hybridized carbons (Fsp3) is 0.364. The third-order valence-corrected chi connectivity index (χ3v) is 4.95. The van der Waals surface area contributed by atoms with E-state index in [2.05, 4.69) is 33.8 Å². The van der Waals surface area contributed by atoms with Gasteiger partial charge < -0.3 is 20.9 Å². The Kier molecular flexibility index (Phi) is 9.71. The number of nitrogens with one attached hydrogen (secondary N) is 3. The molecule has 1 saturated heterocycles. The van der Waals surface area contributed by atoms with Crippen LogP contribution in [0.3, 0.4) is 0 Å². The van der Waals surface area contributed by atoms with E-state index >= 15 is 0 Å². The Hall–Kier alpha value is -2.00. The summed E-state index contributed by atoms with van der Waals surface area (Å²) in [6.07, 6.45) is 1.04. The number of carbonyl (C=O) groups is 1. The van der Waals surface area contributed by atoms with E-state index in [1.54, 1.807) is 0 Å². The first kappa shape index (κ1) is 24.3. The predicted molar refractivity (Wildman–Crippen MR) is 136 cm³/mol. The van der Waals surface area contributed by atoms with Crippen LogP contribution in [0.15, 0.2) is 53.5 Å². The van der Waals surface area contributed by atoms with Gasteiger partial charge in [-0.2, -0.15) is 0 Å². The van der Waals surface area contributed by atoms with Crippen molar-refractivity contribution in [2.45, 2.75) is 32.9 Å². The summed E-state index contributed by atoms with van der Waals surface area (Å²) in [6.45, 7) is 6.78. The van der Waals surface area contributed by atoms with Crippen molar-refractivity contribution in [1.82, 2.24) is 10.6 Å². The molecule has 30 heavy (non-hydrogen) atoms. The summed E-state index contributed by atoms with van der Waals surface area (Å²) in [5.74, 6) is 0.724. The molecule has 162 valence electrons. The molecule has 3 N–H and O–H groups in total. The Balaban J connectivity index is 0.00000320. The Morgan fingerprint density at radius 3 is 2.77 bits per heavy atom. The molecule has 1 fully saturated rings. The Labute approximate surface area is 200 Å². The molecule has 1 atom stereocenters. The van der Waals surface area contributed by atoms with Gasteiger partial charge in [0.2, 0.25) is 5.91 Å². The summed E-state index contributed by atoms with van der Waals surface area (Å²) >= 11 is 6.13. The van der Waals surface area contributed by atoms with Gasteiger partial charge in [0.1, 0.15) is 0 Å². The Bertz CT molecular complexity index is 876. The number of carbonyl (C=O) groups excluding carboxylic acids is 1. The quantitative estimate of drug-likeness (QED) is 0.291. The summed E-state index contributed by atoms with van der Waals surface area (Å²) in [5.41, 5.74) is 2.98. The van der Waals surface area contributed by atoms with Crippen LogP contribution in [-0.4, -0.2) is 37.5 Å². The van der Waals surface area contributed by atoms with Crippen molar-refractivity contribution in [1.29, 1.82) is 0 Å². The van der Waals surface area contributed by atoms with Crippen molar-refractivity contribution in [2.75, 3.05) is 29.9 Å². The first-order valence-corrected chi connectivity index (χ1v) is 10.3. The van der Waals surface area contributed by atoms with Crippen molar-refractivity contribution in [3.8, 4) is 0 Å². The van der Waals surface area contributed by atoms with Crippen LogP contribution in [0.2, 0.25) is 5.02 Å². The van der Waals surface area contributed by atoms with E-state index in [-0.39, 0.29) is 29.9 Å². The van der Waals surface area contributed by atoms with Crippen molar-refractivity contribution in [3.05, 3.63) is 59.1 Å². The number of aliphatic imine (C=N–C) groups is 1. The topological polar surface area (TPSA) is 68.8 Å². The molecule has 0 aliphatic carbocycles. The van der Waals surface area contributed by atoms with Gasteiger partial charge in [-0.1, -0.05) is 29.8 Å². The second-order valence-electron chi connectivity index (χ2n) is 7.13. The van der Waals surface area contributed by atoms with Crippen LogP contribution in [0.4, 0.5) is 11.4 Å². The number of nitrogens with zero attached hydrogens (tertiary/aromatic N) is 2. The standard InChI is InChI=1S/C22H28ClN5O.HI/c1-3-24-22(25-14-17-6-4-8-19(12-17)26-16(2)29)27-20-10-11-28(15-20)21-9-5-7-18(23)13-21;/h4-9,12-13,20H,3,10-11,14-15H2,1-2H3,(H,26,29)(H2,24,25,27);1H. The second-order valence-corrected chi connectivity index (χ2v) is 7.57. The third-order valence-electron chi connectivity index (χ3n) is 4.71. The van der Waals surface area contributed by atoms with E-state index in [4.69, 9.17) is 16.6 Å². The molecular weight excluding hydrogens is 513 g/mol. The molecule has 1 heterocycles. The van der Waals surface area contributed by atoms with Crippen molar-refractivity contribution >= 4 is 58.8 Å². The molecule has 3 rings (SSSR count). The molecule has 1 amide bonds. The summed E-state index contributed by atoms with van der Waals surface area (Å²) < 4.78 is 0. The minimum Gasteiger partial charge on any atom is -0.369 e. The van der Waals surface area contributed by atoms with E-state index in [0.29, 0.717) is 12.6 Å². The molecule has 0 bridgehead atoms. The number of amides is 1. The lowest BCUT2D eigenvalue weighted by atomic mass is 10.2. The van der Waals surface area contributed by atoms with Gasteiger partial charge in [0, 0.05) is 49.0 Å². The summed E-state index contributed by atoms with van der Waals surface area (Å²) in [6, 6.07) is 16.1. The minimum absolute atomic E-state index is 0. The summed E-state index contributed by atoms with van der Waals surface area (Å²) in [4.78, 5) is 18.3. The van der Waals surface area contributed by atoms with E-state index in [9.17, 15) is 4.79 Å². The SMILES string of the molecule is CCNC(=NCc1cccc(NC(C)=O)c1)NC1CCN(c2cccc(Cl)c2)C1.I. The minimum atomic E-state index is -0.0776. The van der Waals surface area contributed by atoms with Gasteiger partial charge in [-0.05, 0) is 49.2 Å². The van der Waals surface area contributed by atoms with Crippen LogP contribution in [0.5, 0.6) is 0 Å². The number of guanidine groups is 1. The number of rotatable bonds is 6. The molecule has 0 aromatic heterocycles. The molecule has 8 heteroatoms. The molecule has 1 aliphatic rings. The van der Waals surface area contributed by atoms with E-state index in [1.807, 2.05) is 42.5 Å². The van der Waals surface area contributed by atoms with Crippen LogP contribution < -0.4 is 20.9 Å². The lowest BCUT2D eigenvalue weighted by Crippen LogP contribution is -2.44. The lowest BCUT2D eigenvalue weighted by Gasteiger charge is -2.20. The second kappa shape index (κ2) is 12.0. The maximum absolute atomic E-state index is 11.2. The van der Waals surface area contributed by atoms with Gasteiger partial charge in [0.15, 0.2) is 5.96 Å². The monoisotopic (exact) mass is 541 g/mol. The molecule has 6 nitrogen and oxygen atoms in total. The van der Waals surface area contributed by atoms with Crippen molar-refractivity contribution in [2.24, 2.45) is 4.99 Å². The maximum Gasteiger partial charge on any atom is 0.221 e. The predicted octanol–water partition coefficient (Wildman–Crippen LogP) is 4.25. The smallest absolute Gasteiger partial charge is 0.221 e. The van der Waals surface area contributed by atoms with E-state index in [1.165, 1.54) is 6.92 Å². The van der Waals surface area contributed by atoms with Crippen LogP contribution in [0.1, 0.15) is 25.8 Å². The highest BCUT2D eigenvalue weighted by atomic mass is 127. The number of hydrogen-bond donors (Lipinski definition) is 3. The molecule has 0 spiro atoms. The summed E-state index contributed by atoms with van der Waals surface area (Å²) in [7, 11) is 0. The zero-order chi connectivity index (χ0) is 20.6. The molecular formula is C22H29ClIN5O. The number of halogens is 2. The van der Waals surface area contributed by atoms with Crippen LogP contribution >= 0.6 is 35.6 Å². The highest BCUT2D eigenvalue weighted by Crippen LogP contribution is 2.23. The first-order valence-electron chi connectivity index (χ1n) is 9.95. The number of anilines is 2.